The van der Waals surface area contributed by atoms with Crippen LogP contribution < -0.4 is 14.9 Å². The molecule has 1 atom stereocenters. The topological polar surface area (TPSA) is 91.4 Å². The summed E-state index contributed by atoms with van der Waals surface area (Å²) in [7, 11) is -3.73. The Bertz CT molecular complexity index is 920. The number of sulfonamides is 1. The predicted molar refractivity (Wildman–Crippen MR) is 116 cm³/mol. The highest BCUT2D eigenvalue weighted by Gasteiger charge is 2.26. The first kappa shape index (κ1) is 21.7. The van der Waals surface area contributed by atoms with Gasteiger partial charge in [0.2, 0.25) is 15.9 Å². The summed E-state index contributed by atoms with van der Waals surface area (Å²) in [5.41, 5.74) is 0.998. The molecule has 1 aliphatic rings. The van der Waals surface area contributed by atoms with Gasteiger partial charge in [0.15, 0.2) is 5.13 Å². The molecular formula is C20H28N4O3S2. The van der Waals surface area contributed by atoms with Gasteiger partial charge in [-0.2, -0.15) is 0 Å². The molecular weight excluding hydrogens is 408 g/mol. The second kappa shape index (κ2) is 8.81. The van der Waals surface area contributed by atoms with E-state index in [0.29, 0.717) is 6.54 Å². The van der Waals surface area contributed by atoms with Crippen molar-refractivity contribution in [3.8, 4) is 0 Å². The Balaban J connectivity index is 1.51. The lowest BCUT2D eigenvalue weighted by molar-refractivity contribution is -0.120. The van der Waals surface area contributed by atoms with E-state index in [1.54, 1.807) is 29.7 Å². The lowest BCUT2D eigenvalue weighted by Crippen LogP contribution is -2.43. The molecule has 1 aromatic heterocycles. The third-order valence-corrected chi connectivity index (χ3v) is 7.26. The van der Waals surface area contributed by atoms with Crippen molar-refractivity contribution in [2.45, 2.75) is 50.0 Å². The SMILES string of the molecule is CC(C)(C)c1ccc(S(=O)(=O)NCC(=O)NCC2CCCN2c2nccs2)cc1. The van der Waals surface area contributed by atoms with E-state index in [-0.39, 0.29) is 28.8 Å². The molecule has 1 fully saturated rings. The fraction of sp³-hybridized carbons (Fsp3) is 0.500. The van der Waals surface area contributed by atoms with Crippen molar-refractivity contribution in [2.75, 3.05) is 24.5 Å². The molecule has 7 nitrogen and oxygen atoms in total. The molecule has 158 valence electrons. The summed E-state index contributed by atoms with van der Waals surface area (Å²) in [6, 6.07) is 6.95. The second-order valence-corrected chi connectivity index (χ2v) is 10.8. The van der Waals surface area contributed by atoms with Crippen LogP contribution in [0.4, 0.5) is 5.13 Å². The van der Waals surface area contributed by atoms with Crippen molar-refractivity contribution >= 4 is 32.4 Å². The highest BCUT2D eigenvalue weighted by Crippen LogP contribution is 2.26. The highest BCUT2D eigenvalue weighted by atomic mass is 32.2. The van der Waals surface area contributed by atoms with Gasteiger partial charge in [0.05, 0.1) is 11.4 Å². The van der Waals surface area contributed by atoms with Gasteiger partial charge in [-0.15, -0.1) is 11.3 Å². The van der Waals surface area contributed by atoms with Crippen molar-refractivity contribution in [2.24, 2.45) is 0 Å². The van der Waals surface area contributed by atoms with Crippen molar-refractivity contribution in [3.05, 3.63) is 41.4 Å². The van der Waals surface area contributed by atoms with Gasteiger partial charge in [-0.25, -0.2) is 18.1 Å². The molecule has 9 heteroatoms. The summed E-state index contributed by atoms with van der Waals surface area (Å²) in [6.07, 6.45) is 3.81. The van der Waals surface area contributed by atoms with Crippen LogP contribution in [0.2, 0.25) is 0 Å². The van der Waals surface area contributed by atoms with E-state index in [2.05, 4.69) is 40.7 Å². The van der Waals surface area contributed by atoms with Crippen LogP contribution in [0.1, 0.15) is 39.2 Å². The van der Waals surface area contributed by atoms with Gasteiger partial charge in [0.1, 0.15) is 0 Å². The molecule has 0 radical (unpaired) electrons. The monoisotopic (exact) mass is 436 g/mol. The lowest BCUT2D eigenvalue weighted by Gasteiger charge is -2.24. The van der Waals surface area contributed by atoms with Crippen LogP contribution in [0, 0.1) is 0 Å². The van der Waals surface area contributed by atoms with Gasteiger partial charge >= 0.3 is 0 Å². The average molecular weight is 437 g/mol. The third-order valence-electron chi connectivity index (χ3n) is 5.03. The molecule has 3 rings (SSSR count). The molecule has 1 saturated heterocycles. The fourth-order valence-electron chi connectivity index (χ4n) is 3.33. The summed E-state index contributed by atoms with van der Waals surface area (Å²) in [6.45, 7) is 7.32. The number of nitrogens with one attached hydrogen (secondary N) is 2. The van der Waals surface area contributed by atoms with Gasteiger partial charge in [0, 0.05) is 30.7 Å². The quantitative estimate of drug-likeness (QED) is 0.696. The zero-order valence-corrected chi connectivity index (χ0v) is 18.6. The van der Waals surface area contributed by atoms with Gasteiger partial charge in [0.25, 0.3) is 0 Å². The maximum atomic E-state index is 12.5. The molecule has 1 unspecified atom stereocenters. The van der Waals surface area contributed by atoms with E-state index < -0.39 is 10.0 Å². The summed E-state index contributed by atoms with van der Waals surface area (Å²) in [5.74, 6) is -0.342. The van der Waals surface area contributed by atoms with Crippen molar-refractivity contribution < 1.29 is 13.2 Å². The molecule has 2 N–H and O–H groups in total. The largest absolute Gasteiger partial charge is 0.353 e. The minimum Gasteiger partial charge on any atom is -0.353 e. The number of anilines is 1. The Morgan fingerprint density at radius 1 is 1.28 bits per heavy atom. The lowest BCUT2D eigenvalue weighted by atomic mass is 9.87. The Morgan fingerprint density at radius 3 is 2.62 bits per heavy atom. The number of hydrogen-bond donors (Lipinski definition) is 2. The predicted octanol–water partition coefficient (Wildman–Crippen LogP) is 2.50. The average Bonchev–Trinajstić information content (AvgIpc) is 3.35. The van der Waals surface area contributed by atoms with Crippen LogP contribution >= 0.6 is 11.3 Å². The van der Waals surface area contributed by atoms with E-state index in [1.807, 2.05) is 17.5 Å². The molecule has 0 saturated carbocycles. The highest BCUT2D eigenvalue weighted by molar-refractivity contribution is 7.89. The molecule has 1 aromatic carbocycles. The normalized spacial score (nSPS) is 17.5. The maximum absolute atomic E-state index is 12.5. The zero-order valence-electron chi connectivity index (χ0n) is 17.0. The van der Waals surface area contributed by atoms with Crippen molar-refractivity contribution in [3.63, 3.8) is 0 Å². The number of rotatable bonds is 7. The minimum atomic E-state index is -3.73. The number of benzene rings is 1. The Hall–Kier alpha value is -1.97. The van der Waals surface area contributed by atoms with Gasteiger partial charge in [-0.05, 0) is 36.0 Å². The first-order chi connectivity index (χ1) is 13.7. The zero-order chi connectivity index (χ0) is 21.1. The number of nitrogens with zero attached hydrogens (tertiary/aromatic N) is 2. The number of amides is 1. The van der Waals surface area contributed by atoms with Crippen LogP contribution in [0.5, 0.6) is 0 Å². The number of carbonyl (C=O) groups excluding carboxylic acids is 1. The van der Waals surface area contributed by atoms with Gasteiger partial charge in [-0.1, -0.05) is 32.9 Å². The standard InChI is InChI=1S/C20H28N4O3S2/c1-20(2,3)15-6-8-17(9-7-15)29(26,27)23-14-18(25)22-13-16-5-4-11-24(16)19-21-10-12-28-19/h6-10,12,16,23H,4-5,11,13-14H2,1-3H3,(H,22,25). The molecule has 0 bridgehead atoms. The molecule has 2 heterocycles. The van der Waals surface area contributed by atoms with Crippen molar-refractivity contribution in [1.29, 1.82) is 0 Å². The van der Waals surface area contributed by atoms with Crippen LogP contribution in [-0.4, -0.2) is 45.0 Å². The third kappa shape index (κ3) is 5.55. The first-order valence-corrected chi connectivity index (χ1v) is 12.1. The van der Waals surface area contributed by atoms with Gasteiger partial charge < -0.3 is 10.2 Å². The van der Waals surface area contributed by atoms with E-state index >= 15 is 0 Å². The molecule has 1 amide bonds. The number of aromatic nitrogens is 1. The van der Waals surface area contributed by atoms with Crippen LogP contribution in [0.25, 0.3) is 0 Å². The fourth-order valence-corrected chi connectivity index (χ4v) is 5.05. The van der Waals surface area contributed by atoms with Crippen LogP contribution in [0.15, 0.2) is 40.7 Å². The van der Waals surface area contributed by atoms with Crippen LogP contribution in [-0.2, 0) is 20.2 Å². The second-order valence-electron chi connectivity index (χ2n) is 8.21. The summed E-state index contributed by atoms with van der Waals surface area (Å²) in [4.78, 5) is 18.9. The Kier molecular flexibility index (Phi) is 6.60. The summed E-state index contributed by atoms with van der Waals surface area (Å²) in [5, 5.41) is 5.73. The summed E-state index contributed by atoms with van der Waals surface area (Å²) >= 11 is 1.58. The first-order valence-electron chi connectivity index (χ1n) is 9.70. The number of thiazole rings is 1. The maximum Gasteiger partial charge on any atom is 0.241 e. The van der Waals surface area contributed by atoms with Crippen LogP contribution in [0.3, 0.4) is 0 Å². The Morgan fingerprint density at radius 2 is 2.00 bits per heavy atom. The minimum absolute atomic E-state index is 0.0532. The number of hydrogen-bond acceptors (Lipinski definition) is 6. The van der Waals surface area contributed by atoms with Crippen molar-refractivity contribution in [1.82, 2.24) is 15.0 Å². The smallest absolute Gasteiger partial charge is 0.241 e. The number of carbonyl (C=O) groups is 1. The van der Waals surface area contributed by atoms with E-state index in [0.717, 1.165) is 30.1 Å². The van der Waals surface area contributed by atoms with E-state index in [9.17, 15) is 13.2 Å². The molecule has 1 aliphatic heterocycles. The van der Waals surface area contributed by atoms with Gasteiger partial charge in [-0.3, -0.25) is 4.79 Å². The molecule has 29 heavy (non-hydrogen) atoms. The summed E-state index contributed by atoms with van der Waals surface area (Å²) < 4.78 is 27.3. The van der Waals surface area contributed by atoms with E-state index in [4.69, 9.17) is 0 Å². The molecule has 2 aromatic rings. The molecule has 0 aliphatic carbocycles. The Labute approximate surface area is 176 Å². The van der Waals surface area contributed by atoms with E-state index in [1.165, 1.54) is 0 Å². The molecule has 0 spiro atoms.